The van der Waals surface area contributed by atoms with E-state index in [2.05, 4.69) is 30.9 Å². The zero-order valence-electron chi connectivity index (χ0n) is 10.2. The fourth-order valence-electron chi connectivity index (χ4n) is 1.83. The monoisotopic (exact) mass is 315 g/mol. The molecule has 2 heterocycles. The van der Waals surface area contributed by atoms with Gasteiger partial charge in [0.2, 0.25) is 5.88 Å². The maximum Gasteiger partial charge on any atom is 0.223 e. The highest BCUT2D eigenvalue weighted by Crippen LogP contribution is 2.28. The van der Waals surface area contributed by atoms with Gasteiger partial charge in [0, 0.05) is 17.6 Å². The van der Waals surface area contributed by atoms with Gasteiger partial charge in [-0.2, -0.15) is 4.98 Å². The average Bonchev–Trinajstić information content (AvgIpc) is 2.38. The molecule has 0 saturated heterocycles. The number of hydrogen-bond acceptors (Lipinski definition) is 4. The second-order valence-corrected chi connectivity index (χ2v) is 4.82. The van der Waals surface area contributed by atoms with Crippen molar-refractivity contribution in [2.75, 3.05) is 0 Å². The predicted molar refractivity (Wildman–Crippen MR) is 76.3 cm³/mol. The lowest BCUT2D eigenvalue weighted by Gasteiger charge is -2.08. The second-order valence-electron chi connectivity index (χ2n) is 4.00. The first kappa shape index (κ1) is 12.0. The van der Waals surface area contributed by atoms with Gasteiger partial charge in [0.1, 0.15) is 16.2 Å². The van der Waals surface area contributed by atoms with Crippen LogP contribution in [0.3, 0.4) is 0 Å². The molecule has 0 atom stereocenters. The van der Waals surface area contributed by atoms with E-state index in [9.17, 15) is 0 Å². The molecule has 0 aliphatic heterocycles. The molecule has 0 N–H and O–H groups in total. The van der Waals surface area contributed by atoms with Crippen LogP contribution in [-0.4, -0.2) is 15.0 Å². The van der Waals surface area contributed by atoms with E-state index in [4.69, 9.17) is 4.74 Å². The summed E-state index contributed by atoms with van der Waals surface area (Å²) < 4.78 is 6.53. The number of fused-ring (bicyclic) bond motifs is 1. The zero-order chi connectivity index (χ0) is 13.2. The number of ether oxygens (including phenoxy) is 1. The quantitative estimate of drug-likeness (QED) is 0.673. The van der Waals surface area contributed by atoms with E-state index in [1.165, 1.54) is 0 Å². The molecule has 1 aromatic carbocycles. The SMILES string of the molecule is Cc1nc(Br)cc(Oc2cccc3ncccc23)n1. The minimum absolute atomic E-state index is 0.510. The van der Waals surface area contributed by atoms with Crippen LogP contribution in [0.4, 0.5) is 0 Å². The summed E-state index contributed by atoms with van der Waals surface area (Å²) >= 11 is 3.33. The van der Waals surface area contributed by atoms with E-state index in [0.717, 1.165) is 16.7 Å². The number of hydrogen-bond donors (Lipinski definition) is 0. The topological polar surface area (TPSA) is 47.9 Å². The summed E-state index contributed by atoms with van der Waals surface area (Å²) in [6, 6.07) is 11.4. The van der Waals surface area contributed by atoms with Gasteiger partial charge in [-0.3, -0.25) is 4.98 Å². The van der Waals surface area contributed by atoms with Crippen molar-refractivity contribution in [1.29, 1.82) is 0 Å². The number of nitrogens with zero attached hydrogens (tertiary/aromatic N) is 3. The van der Waals surface area contributed by atoms with Crippen LogP contribution < -0.4 is 4.74 Å². The van der Waals surface area contributed by atoms with Crippen molar-refractivity contribution in [3.8, 4) is 11.6 Å². The lowest BCUT2D eigenvalue weighted by Crippen LogP contribution is -1.94. The van der Waals surface area contributed by atoms with E-state index in [1.807, 2.05) is 37.3 Å². The fraction of sp³-hybridized carbons (Fsp3) is 0.0714. The van der Waals surface area contributed by atoms with Gasteiger partial charge in [0.05, 0.1) is 5.52 Å². The number of pyridine rings is 1. The Hall–Kier alpha value is -2.01. The summed E-state index contributed by atoms with van der Waals surface area (Å²) in [6.45, 7) is 1.82. The second kappa shape index (κ2) is 4.93. The highest BCUT2D eigenvalue weighted by molar-refractivity contribution is 9.10. The third-order valence-electron chi connectivity index (χ3n) is 2.60. The summed E-state index contributed by atoms with van der Waals surface area (Å²) in [7, 11) is 0. The number of rotatable bonds is 2. The average molecular weight is 316 g/mol. The van der Waals surface area contributed by atoms with Crippen LogP contribution in [0.1, 0.15) is 5.82 Å². The van der Waals surface area contributed by atoms with E-state index < -0.39 is 0 Å². The van der Waals surface area contributed by atoms with Crippen LogP contribution in [-0.2, 0) is 0 Å². The number of halogens is 1. The molecular formula is C14H10BrN3O. The van der Waals surface area contributed by atoms with Gasteiger partial charge in [-0.05, 0) is 47.1 Å². The summed E-state index contributed by atoms with van der Waals surface area (Å²) in [6.07, 6.45) is 1.76. The van der Waals surface area contributed by atoms with Gasteiger partial charge < -0.3 is 4.74 Å². The lowest BCUT2D eigenvalue weighted by atomic mass is 10.2. The standard InChI is InChI=1S/C14H10BrN3O/c1-9-17-13(15)8-14(18-9)19-12-6-2-5-11-10(12)4-3-7-16-11/h2-8H,1H3. The molecule has 2 aromatic heterocycles. The van der Waals surface area contributed by atoms with Gasteiger partial charge in [-0.15, -0.1) is 0 Å². The number of benzene rings is 1. The highest BCUT2D eigenvalue weighted by Gasteiger charge is 2.06. The van der Waals surface area contributed by atoms with E-state index in [0.29, 0.717) is 16.3 Å². The summed E-state index contributed by atoms with van der Waals surface area (Å²) in [5, 5.41) is 0.956. The third-order valence-corrected chi connectivity index (χ3v) is 3.01. The fourth-order valence-corrected chi connectivity index (χ4v) is 2.29. The van der Waals surface area contributed by atoms with Crippen molar-refractivity contribution in [1.82, 2.24) is 15.0 Å². The minimum Gasteiger partial charge on any atom is -0.438 e. The number of aryl methyl sites for hydroxylation is 1. The van der Waals surface area contributed by atoms with Crippen LogP contribution in [0.25, 0.3) is 10.9 Å². The molecule has 4 nitrogen and oxygen atoms in total. The first-order valence-corrected chi connectivity index (χ1v) is 6.54. The van der Waals surface area contributed by atoms with E-state index in [-0.39, 0.29) is 0 Å². The Balaban J connectivity index is 2.05. The molecule has 94 valence electrons. The van der Waals surface area contributed by atoms with Crippen LogP contribution in [0, 0.1) is 6.92 Å². The molecule has 3 rings (SSSR count). The normalized spacial score (nSPS) is 10.6. The Morgan fingerprint density at radius 2 is 2.00 bits per heavy atom. The van der Waals surface area contributed by atoms with Gasteiger partial charge in [-0.1, -0.05) is 6.07 Å². The molecule has 0 amide bonds. The molecule has 5 heteroatoms. The van der Waals surface area contributed by atoms with Crippen molar-refractivity contribution in [3.05, 3.63) is 53.0 Å². The van der Waals surface area contributed by atoms with E-state index >= 15 is 0 Å². The maximum absolute atomic E-state index is 5.83. The molecule has 19 heavy (non-hydrogen) atoms. The lowest BCUT2D eigenvalue weighted by molar-refractivity contribution is 0.464. The molecule has 0 aliphatic rings. The Kier molecular flexibility index (Phi) is 3.13. The maximum atomic E-state index is 5.83. The molecule has 0 spiro atoms. The summed E-state index contributed by atoms with van der Waals surface area (Å²) in [4.78, 5) is 12.7. The van der Waals surface area contributed by atoms with Crippen LogP contribution >= 0.6 is 15.9 Å². The zero-order valence-corrected chi connectivity index (χ0v) is 11.8. The molecular weight excluding hydrogens is 306 g/mol. The van der Waals surface area contributed by atoms with Crippen molar-refractivity contribution in [3.63, 3.8) is 0 Å². The predicted octanol–water partition coefficient (Wildman–Crippen LogP) is 3.89. The van der Waals surface area contributed by atoms with Gasteiger partial charge in [-0.25, -0.2) is 4.98 Å². The first-order chi connectivity index (χ1) is 9.22. The first-order valence-electron chi connectivity index (χ1n) is 5.75. The summed E-state index contributed by atoms with van der Waals surface area (Å²) in [5.74, 6) is 1.90. The third kappa shape index (κ3) is 2.56. The Labute approximate surface area is 118 Å². The van der Waals surface area contributed by atoms with Crippen LogP contribution in [0.5, 0.6) is 11.6 Å². The van der Waals surface area contributed by atoms with Gasteiger partial charge >= 0.3 is 0 Å². The molecule has 3 aromatic rings. The Morgan fingerprint density at radius 1 is 1.11 bits per heavy atom. The molecule has 0 saturated carbocycles. The largest absolute Gasteiger partial charge is 0.438 e. The van der Waals surface area contributed by atoms with Gasteiger partial charge in [0.15, 0.2) is 0 Å². The smallest absolute Gasteiger partial charge is 0.223 e. The van der Waals surface area contributed by atoms with Crippen LogP contribution in [0.15, 0.2) is 47.2 Å². The van der Waals surface area contributed by atoms with Crippen molar-refractivity contribution < 1.29 is 4.74 Å². The van der Waals surface area contributed by atoms with Crippen molar-refractivity contribution >= 4 is 26.8 Å². The van der Waals surface area contributed by atoms with E-state index in [1.54, 1.807) is 12.3 Å². The molecule has 0 bridgehead atoms. The van der Waals surface area contributed by atoms with Gasteiger partial charge in [0.25, 0.3) is 0 Å². The minimum atomic E-state index is 0.510. The summed E-state index contributed by atoms with van der Waals surface area (Å²) in [5.41, 5.74) is 0.893. The molecule has 0 unspecified atom stereocenters. The van der Waals surface area contributed by atoms with Crippen molar-refractivity contribution in [2.45, 2.75) is 6.92 Å². The number of aromatic nitrogens is 3. The highest BCUT2D eigenvalue weighted by atomic mass is 79.9. The van der Waals surface area contributed by atoms with Crippen LogP contribution in [0.2, 0.25) is 0 Å². The Bertz CT molecular complexity index is 720. The molecule has 0 fully saturated rings. The van der Waals surface area contributed by atoms with Crippen molar-refractivity contribution in [2.24, 2.45) is 0 Å². The Morgan fingerprint density at radius 3 is 2.84 bits per heavy atom. The molecule has 0 radical (unpaired) electrons. The molecule has 0 aliphatic carbocycles.